The molecule has 3 N–H and O–H groups in total. The quantitative estimate of drug-likeness (QED) is 0.212. The largest absolute Gasteiger partial charge is 0.464 e. The van der Waals surface area contributed by atoms with E-state index in [1.54, 1.807) is 6.07 Å². The summed E-state index contributed by atoms with van der Waals surface area (Å²) >= 11 is 0. The molecule has 0 spiro atoms. The van der Waals surface area contributed by atoms with E-state index in [1.807, 2.05) is 70.3 Å². The predicted molar refractivity (Wildman–Crippen MR) is 216 cm³/mol. The normalized spacial score (nSPS) is 22.5. The number of carbonyl (C=O) groups is 2. The number of nitrogens with zero attached hydrogens (tertiary/aromatic N) is 5. The Labute approximate surface area is 332 Å². The second kappa shape index (κ2) is 15.4. The molecule has 0 unspecified atom stereocenters. The molecule has 304 valence electrons. The summed E-state index contributed by atoms with van der Waals surface area (Å²) in [5, 5.41) is 2.14. The minimum absolute atomic E-state index is 0.0190. The fourth-order valence-corrected chi connectivity index (χ4v) is 8.94. The molecule has 57 heavy (non-hydrogen) atoms. The Bertz CT molecular complexity index is 2150. The lowest BCUT2D eigenvalue weighted by Crippen LogP contribution is -2.59. The number of rotatable bonds is 5. The maximum absolute atomic E-state index is 14.8. The average Bonchev–Trinajstić information content (AvgIpc) is 4.00. The number of fused-ring (bicyclic) bond motifs is 6. The molecule has 1 saturated carbocycles. The highest BCUT2D eigenvalue weighted by Crippen LogP contribution is 2.44. The number of cyclic esters (lactones) is 1. The monoisotopic (exact) mass is 785 g/mol. The molecule has 1 amide bonds. The Kier molecular flexibility index (Phi) is 10.6. The first-order valence-corrected chi connectivity index (χ1v) is 20.4. The number of piperazine rings is 1. The molecule has 8 rings (SSSR count). The van der Waals surface area contributed by atoms with Crippen LogP contribution in [0.3, 0.4) is 0 Å². The smallest absolute Gasteiger partial charge is 0.406 e. The van der Waals surface area contributed by atoms with E-state index < -0.39 is 36.2 Å². The van der Waals surface area contributed by atoms with Gasteiger partial charge in [-0.3, -0.25) is 24.5 Å². The predicted octanol–water partition coefficient (Wildman–Crippen LogP) is 6.83. The van der Waals surface area contributed by atoms with Crippen molar-refractivity contribution < 1.29 is 27.5 Å². The Morgan fingerprint density at radius 3 is 2.46 bits per heavy atom. The van der Waals surface area contributed by atoms with Gasteiger partial charge in [-0.2, -0.15) is 13.2 Å². The lowest BCUT2D eigenvalue weighted by molar-refractivity contribution is -0.155. The summed E-state index contributed by atoms with van der Waals surface area (Å²) < 4.78 is 51.8. The molecule has 0 radical (unpaired) electrons. The molecule has 2 aromatic heterocycles. The summed E-state index contributed by atoms with van der Waals surface area (Å²) in [6, 6.07) is 14.6. The molecular formula is C44H54F3N7O3. The molecule has 13 heteroatoms. The van der Waals surface area contributed by atoms with E-state index in [1.165, 1.54) is 22.4 Å². The van der Waals surface area contributed by atoms with Crippen LogP contribution in [0, 0.1) is 5.41 Å². The van der Waals surface area contributed by atoms with E-state index in [2.05, 4.69) is 21.3 Å². The van der Waals surface area contributed by atoms with Gasteiger partial charge in [-0.25, -0.2) is 5.43 Å². The maximum Gasteiger partial charge on any atom is 0.406 e. The van der Waals surface area contributed by atoms with Gasteiger partial charge >= 0.3 is 12.1 Å². The van der Waals surface area contributed by atoms with Crippen LogP contribution in [0.5, 0.6) is 0 Å². The van der Waals surface area contributed by atoms with Crippen molar-refractivity contribution in [3.63, 3.8) is 0 Å². The molecular weight excluding hydrogens is 732 g/mol. The topological polar surface area (TPSA) is 109 Å². The summed E-state index contributed by atoms with van der Waals surface area (Å²) in [7, 11) is 0. The van der Waals surface area contributed by atoms with Crippen LogP contribution >= 0.6 is 0 Å². The number of halogens is 3. The average molecular weight is 786 g/mol. The van der Waals surface area contributed by atoms with Crippen molar-refractivity contribution in [2.75, 3.05) is 44.2 Å². The van der Waals surface area contributed by atoms with Crippen molar-refractivity contribution in [3.05, 3.63) is 71.5 Å². The molecule has 5 heterocycles. The van der Waals surface area contributed by atoms with Crippen molar-refractivity contribution in [1.29, 1.82) is 0 Å². The number of aromatic nitrogens is 2. The molecule has 1 aliphatic carbocycles. The molecule has 4 aromatic rings. The summed E-state index contributed by atoms with van der Waals surface area (Å²) in [4.78, 5) is 36.9. The number of nitrogens with two attached hydrogens (primary N) is 1. The molecule has 4 aliphatic rings. The van der Waals surface area contributed by atoms with Crippen LogP contribution in [0.15, 0.2) is 54.7 Å². The van der Waals surface area contributed by atoms with Crippen LogP contribution < -0.4 is 16.1 Å². The number of benzene rings is 2. The van der Waals surface area contributed by atoms with Crippen molar-refractivity contribution in [2.45, 2.75) is 103 Å². The molecule has 10 nitrogen and oxygen atoms in total. The minimum Gasteiger partial charge on any atom is -0.464 e. The molecule has 3 fully saturated rings. The Balaban J connectivity index is 1.31. The highest BCUT2D eigenvalue weighted by atomic mass is 19.4. The second-order valence-electron chi connectivity index (χ2n) is 17.6. The number of ether oxygens (including phenoxy) is 1. The van der Waals surface area contributed by atoms with Crippen molar-refractivity contribution in [1.82, 2.24) is 24.9 Å². The number of pyridine rings is 1. The lowest BCUT2D eigenvalue weighted by Gasteiger charge is -2.36. The van der Waals surface area contributed by atoms with Gasteiger partial charge < -0.3 is 19.9 Å². The van der Waals surface area contributed by atoms with Gasteiger partial charge in [-0.1, -0.05) is 58.0 Å². The van der Waals surface area contributed by atoms with Crippen molar-refractivity contribution in [3.8, 4) is 22.4 Å². The third-order valence-electron chi connectivity index (χ3n) is 12.0. The Morgan fingerprint density at radius 1 is 0.982 bits per heavy atom. The fraction of sp³-hybridized carbons (Fsp3) is 0.523. The Hall–Kier alpha value is -4.46. The van der Waals surface area contributed by atoms with Crippen LogP contribution in [0.2, 0.25) is 0 Å². The van der Waals surface area contributed by atoms with Gasteiger partial charge in [0.2, 0.25) is 0 Å². The zero-order chi connectivity index (χ0) is 40.2. The van der Waals surface area contributed by atoms with Gasteiger partial charge in [-0.15, -0.1) is 0 Å². The summed E-state index contributed by atoms with van der Waals surface area (Å²) in [6.45, 7) is 10.8. The van der Waals surface area contributed by atoms with Gasteiger partial charge in [0.1, 0.15) is 12.6 Å². The first kappa shape index (κ1) is 39.4. The first-order chi connectivity index (χ1) is 27.1. The standard InChI is InChI=1S/C44H54F3N7O3/c1-27(2)39-34(22-32(24-49-39)52-17-15-51(16-18-52)31-11-12-31)40-35-23-43(3,4)26-57-42(56)37-9-6-14-54(50-37)41(55)36(48)20-28-7-5-8-29(19-28)30-10-13-38(33(35)21-30)53(40)25-44(45,46)47/h5,7-8,10,13,19,21-22,24,27,31,36-37,50H,6,9,11-12,14-18,20,23,25-26,48H2,1-4H3/t36-,37-/m0/s1. The van der Waals surface area contributed by atoms with Gasteiger partial charge in [0.05, 0.1) is 35.9 Å². The molecule has 2 saturated heterocycles. The van der Waals surface area contributed by atoms with Gasteiger partial charge in [-0.05, 0) is 84.9 Å². The lowest BCUT2D eigenvalue weighted by atomic mass is 9.83. The number of hydrazine groups is 1. The van der Waals surface area contributed by atoms with Gasteiger partial charge in [0.25, 0.3) is 5.91 Å². The third kappa shape index (κ3) is 8.42. The van der Waals surface area contributed by atoms with Crippen LogP contribution in [-0.2, 0) is 33.7 Å². The Morgan fingerprint density at radius 2 is 1.74 bits per heavy atom. The van der Waals surface area contributed by atoms with Crippen LogP contribution in [-0.4, -0.2) is 95.0 Å². The van der Waals surface area contributed by atoms with E-state index in [0.29, 0.717) is 54.0 Å². The number of hydrogen-bond acceptors (Lipinski definition) is 8. The highest BCUT2D eigenvalue weighted by Gasteiger charge is 2.37. The van der Waals surface area contributed by atoms with Gasteiger partial charge in [0, 0.05) is 60.6 Å². The zero-order valence-electron chi connectivity index (χ0n) is 33.4. The number of esters is 1. The summed E-state index contributed by atoms with van der Waals surface area (Å²) in [5.74, 6) is -0.855. The SMILES string of the molecule is CC(C)c1ncc(N2CCN(C3CC3)CC2)cc1-c1c2c3cc(ccc3n1CC(F)(F)F)-c1cccc(c1)C[C@H](N)C(=O)N1CCC[C@H](N1)C(=O)OCC(C)(C)C2. The number of hydrogen-bond donors (Lipinski definition) is 2. The van der Waals surface area contributed by atoms with Crippen LogP contribution in [0.4, 0.5) is 18.9 Å². The van der Waals surface area contributed by atoms with E-state index in [-0.39, 0.29) is 24.9 Å². The molecule has 2 atom stereocenters. The van der Waals surface area contributed by atoms with Crippen molar-refractivity contribution in [2.24, 2.45) is 11.1 Å². The van der Waals surface area contributed by atoms with Crippen molar-refractivity contribution >= 4 is 28.5 Å². The van der Waals surface area contributed by atoms with E-state index >= 15 is 0 Å². The third-order valence-corrected chi connectivity index (χ3v) is 12.0. The zero-order valence-corrected chi connectivity index (χ0v) is 33.4. The number of nitrogens with one attached hydrogen (secondary N) is 1. The van der Waals surface area contributed by atoms with Crippen LogP contribution in [0.1, 0.15) is 76.1 Å². The first-order valence-electron chi connectivity index (χ1n) is 20.4. The second-order valence-corrected chi connectivity index (χ2v) is 17.6. The fourth-order valence-electron chi connectivity index (χ4n) is 8.94. The van der Waals surface area contributed by atoms with E-state index in [0.717, 1.165) is 59.8 Å². The maximum atomic E-state index is 14.8. The molecule has 2 aromatic carbocycles. The minimum atomic E-state index is -4.51. The number of carbonyl (C=O) groups excluding carboxylic acids is 2. The summed E-state index contributed by atoms with van der Waals surface area (Å²) in [6.07, 6.45) is 1.55. The van der Waals surface area contributed by atoms with E-state index in [4.69, 9.17) is 15.5 Å². The number of alkyl halides is 3. The highest BCUT2D eigenvalue weighted by molar-refractivity contribution is 5.96. The molecule has 3 aliphatic heterocycles. The van der Waals surface area contributed by atoms with E-state index in [9.17, 15) is 22.8 Å². The number of anilines is 1. The number of amides is 1. The molecule has 6 bridgehead atoms. The van der Waals surface area contributed by atoms with Crippen LogP contribution in [0.25, 0.3) is 33.3 Å². The summed E-state index contributed by atoms with van der Waals surface area (Å²) in [5.41, 5.74) is 15.4. The van der Waals surface area contributed by atoms with Gasteiger partial charge in [0.15, 0.2) is 0 Å².